The van der Waals surface area contributed by atoms with Crippen LogP contribution in [0.3, 0.4) is 0 Å². The van der Waals surface area contributed by atoms with Crippen molar-refractivity contribution in [3.63, 3.8) is 0 Å². The Kier molecular flexibility index (Phi) is 5.47. The van der Waals surface area contributed by atoms with E-state index in [1.54, 1.807) is 0 Å². The first kappa shape index (κ1) is 15.8. The highest BCUT2D eigenvalue weighted by Crippen LogP contribution is 2.37. The first-order valence-corrected chi connectivity index (χ1v) is 8.93. The Balaban J connectivity index is 1.76. The van der Waals surface area contributed by atoms with Crippen LogP contribution in [0, 0.1) is 0 Å². The maximum absolute atomic E-state index is 2.42. The quantitative estimate of drug-likeness (QED) is 0.500. The van der Waals surface area contributed by atoms with E-state index in [0.29, 0.717) is 0 Å². The molecule has 0 aromatic heterocycles. The lowest BCUT2D eigenvalue weighted by Crippen LogP contribution is -1.85. The summed E-state index contributed by atoms with van der Waals surface area (Å²) in [4.78, 5) is 0. The van der Waals surface area contributed by atoms with Crippen molar-refractivity contribution in [2.75, 3.05) is 0 Å². The van der Waals surface area contributed by atoms with Crippen LogP contribution in [-0.2, 0) is 6.42 Å². The van der Waals surface area contributed by atoms with Crippen LogP contribution in [0.15, 0.2) is 66.7 Å². The molecule has 0 fully saturated rings. The molecule has 0 radical (unpaired) electrons. The van der Waals surface area contributed by atoms with Crippen molar-refractivity contribution in [2.45, 2.75) is 45.4 Å². The summed E-state index contributed by atoms with van der Waals surface area (Å²) < 4.78 is 0. The standard InChI is InChI=1S/C23H26/c1-2-3-4-8-13-20-18-21(23-15-10-9-14-22(20)23)17-16-19-11-6-5-7-12-19/h5-7,9-12,14-15,17-18H,2-4,8,13,16H2,1H3. The van der Waals surface area contributed by atoms with E-state index in [2.05, 4.69) is 73.7 Å². The summed E-state index contributed by atoms with van der Waals surface area (Å²) in [7, 11) is 0. The molecule has 0 heteroatoms. The molecule has 1 aliphatic rings. The smallest absolute Gasteiger partial charge is 0.00882 e. The van der Waals surface area contributed by atoms with Gasteiger partial charge in [0.15, 0.2) is 0 Å². The first-order valence-electron chi connectivity index (χ1n) is 8.93. The van der Waals surface area contributed by atoms with Gasteiger partial charge < -0.3 is 0 Å². The minimum Gasteiger partial charge on any atom is -0.0722 e. The normalized spacial score (nSPS) is 14.8. The summed E-state index contributed by atoms with van der Waals surface area (Å²) >= 11 is 0. The van der Waals surface area contributed by atoms with Gasteiger partial charge in [0.05, 0.1) is 0 Å². The molecule has 118 valence electrons. The number of rotatable bonds is 7. The predicted octanol–water partition coefficient (Wildman–Crippen LogP) is 6.68. The molecule has 0 atom stereocenters. The first-order chi connectivity index (χ1) is 11.4. The lowest BCUT2D eigenvalue weighted by atomic mass is 10.00. The third-order valence-electron chi connectivity index (χ3n) is 4.61. The summed E-state index contributed by atoms with van der Waals surface area (Å²) in [5.41, 5.74) is 7.16. The molecular formula is C23H26. The van der Waals surface area contributed by atoms with E-state index in [1.807, 2.05) is 0 Å². The molecule has 3 rings (SSSR count). The molecule has 2 aromatic carbocycles. The van der Waals surface area contributed by atoms with Crippen molar-refractivity contribution in [1.29, 1.82) is 0 Å². The zero-order chi connectivity index (χ0) is 15.9. The van der Waals surface area contributed by atoms with E-state index in [-0.39, 0.29) is 0 Å². The molecule has 2 aromatic rings. The van der Waals surface area contributed by atoms with Crippen LogP contribution in [0.4, 0.5) is 0 Å². The van der Waals surface area contributed by atoms with Crippen molar-refractivity contribution in [3.05, 3.63) is 83.4 Å². The van der Waals surface area contributed by atoms with E-state index in [0.717, 1.165) is 6.42 Å². The van der Waals surface area contributed by atoms with Crippen LogP contribution < -0.4 is 0 Å². The van der Waals surface area contributed by atoms with Gasteiger partial charge >= 0.3 is 0 Å². The van der Waals surface area contributed by atoms with Crippen molar-refractivity contribution in [2.24, 2.45) is 0 Å². The summed E-state index contributed by atoms with van der Waals surface area (Å²) in [5, 5.41) is 0. The lowest BCUT2D eigenvalue weighted by molar-refractivity contribution is 0.679. The van der Waals surface area contributed by atoms with Crippen molar-refractivity contribution >= 4 is 11.1 Å². The number of hydrogen-bond acceptors (Lipinski definition) is 0. The Morgan fingerprint density at radius 1 is 0.783 bits per heavy atom. The third kappa shape index (κ3) is 4.01. The minimum atomic E-state index is 1.00. The van der Waals surface area contributed by atoms with Crippen LogP contribution in [-0.4, -0.2) is 0 Å². The Morgan fingerprint density at radius 2 is 1.52 bits per heavy atom. The molecule has 0 spiro atoms. The molecule has 0 N–H and O–H groups in total. The predicted molar refractivity (Wildman–Crippen MR) is 101 cm³/mol. The van der Waals surface area contributed by atoms with E-state index >= 15 is 0 Å². The van der Waals surface area contributed by atoms with Gasteiger partial charge in [-0.15, -0.1) is 0 Å². The van der Waals surface area contributed by atoms with Crippen molar-refractivity contribution in [1.82, 2.24) is 0 Å². The Labute approximate surface area is 140 Å². The monoisotopic (exact) mass is 302 g/mol. The largest absolute Gasteiger partial charge is 0.0722 e. The summed E-state index contributed by atoms with van der Waals surface area (Å²) in [5.74, 6) is 0. The number of benzene rings is 2. The fourth-order valence-electron chi connectivity index (χ4n) is 3.32. The Hall–Kier alpha value is -2.08. The second kappa shape index (κ2) is 7.97. The summed E-state index contributed by atoms with van der Waals surface area (Å²) in [6.45, 7) is 2.27. The Morgan fingerprint density at radius 3 is 2.30 bits per heavy atom. The number of allylic oxidation sites excluding steroid dienone is 4. The number of hydrogen-bond donors (Lipinski definition) is 0. The maximum Gasteiger partial charge on any atom is -0.00882 e. The zero-order valence-electron chi connectivity index (χ0n) is 14.1. The van der Waals surface area contributed by atoms with E-state index in [4.69, 9.17) is 0 Å². The number of fused-ring (bicyclic) bond motifs is 1. The molecule has 1 aliphatic carbocycles. The van der Waals surface area contributed by atoms with Crippen LogP contribution in [0.2, 0.25) is 0 Å². The summed E-state index contributed by atoms with van der Waals surface area (Å²) in [6, 6.07) is 19.6. The van der Waals surface area contributed by atoms with Crippen molar-refractivity contribution < 1.29 is 0 Å². The highest BCUT2D eigenvalue weighted by Gasteiger charge is 2.16. The van der Waals surface area contributed by atoms with E-state index in [1.165, 1.54) is 59.9 Å². The maximum atomic E-state index is 2.42. The molecule has 0 nitrogen and oxygen atoms in total. The van der Waals surface area contributed by atoms with Gasteiger partial charge in [0, 0.05) is 0 Å². The second-order valence-electron chi connectivity index (χ2n) is 6.38. The fraction of sp³-hybridized carbons (Fsp3) is 0.304. The molecule has 0 heterocycles. The van der Waals surface area contributed by atoms with Gasteiger partial charge in [0.1, 0.15) is 0 Å². The minimum absolute atomic E-state index is 1.00. The van der Waals surface area contributed by atoms with Gasteiger partial charge in [0.2, 0.25) is 0 Å². The Bertz CT molecular complexity index is 689. The molecule has 0 aliphatic heterocycles. The van der Waals surface area contributed by atoms with Crippen molar-refractivity contribution in [3.8, 4) is 0 Å². The van der Waals surface area contributed by atoms with Gasteiger partial charge in [0.25, 0.3) is 0 Å². The molecular weight excluding hydrogens is 276 g/mol. The lowest BCUT2D eigenvalue weighted by Gasteiger charge is -2.05. The van der Waals surface area contributed by atoms with E-state index < -0.39 is 0 Å². The van der Waals surface area contributed by atoms with Gasteiger partial charge in [-0.05, 0) is 47.1 Å². The van der Waals surface area contributed by atoms with Gasteiger partial charge in [-0.3, -0.25) is 0 Å². The van der Waals surface area contributed by atoms with Gasteiger partial charge in [-0.25, -0.2) is 0 Å². The van der Waals surface area contributed by atoms with Crippen LogP contribution >= 0.6 is 0 Å². The molecule has 0 bridgehead atoms. The topological polar surface area (TPSA) is 0 Å². The molecule has 0 saturated carbocycles. The van der Waals surface area contributed by atoms with Crippen LogP contribution in [0.5, 0.6) is 0 Å². The fourth-order valence-corrected chi connectivity index (χ4v) is 3.32. The molecule has 0 unspecified atom stereocenters. The summed E-state index contributed by atoms with van der Waals surface area (Å²) in [6.07, 6.45) is 12.3. The highest BCUT2D eigenvalue weighted by atomic mass is 14.2. The van der Waals surface area contributed by atoms with Gasteiger partial charge in [-0.1, -0.05) is 92.9 Å². The third-order valence-corrected chi connectivity index (χ3v) is 4.61. The average Bonchev–Trinajstić information content (AvgIpc) is 2.96. The average molecular weight is 302 g/mol. The van der Waals surface area contributed by atoms with Gasteiger partial charge in [-0.2, -0.15) is 0 Å². The zero-order valence-corrected chi connectivity index (χ0v) is 14.1. The van der Waals surface area contributed by atoms with E-state index in [9.17, 15) is 0 Å². The second-order valence-corrected chi connectivity index (χ2v) is 6.38. The molecule has 0 saturated heterocycles. The number of unbranched alkanes of at least 4 members (excludes halogenated alkanes) is 3. The highest BCUT2D eigenvalue weighted by molar-refractivity contribution is 5.95. The SMILES string of the molecule is CCCCCCC1=CC(=CCc2ccccc2)c2ccccc21. The molecule has 23 heavy (non-hydrogen) atoms. The van der Waals surface area contributed by atoms with Crippen LogP contribution in [0.1, 0.15) is 55.7 Å². The van der Waals surface area contributed by atoms with Crippen LogP contribution in [0.25, 0.3) is 11.1 Å². The molecule has 0 amide bonds.